The second kappa shape index (κ2) is 6.68. The Morgan fingerprint density at radius 2 is 2.06 bits per heavy atom. The van der Waals surface area contributed by atoms with Crippen LogP contribution in [0.4, 0.5) is 0 Å². The van der Waals surface area contributed by atoms with Crippen molar-refractivity contribution < 1.29 is 13.5 Å². The minimum Gasteiger partial charge on any atom is -0.390 e. The van der Waals surface area contributed by atoms with Crippen LogP contribution in [0.3, 0.4) is 0 Å². The number of aliphatic hydroxyl groups is 1. The summed E-state index contributed by atoms with van der Waals surface area (Å²) in [6.45, 7) is 7.08. The standard InChI is InChI=1S/C11H24N2O3S/c1-3-13(4-2)8-11(14)7-12-10-5-6-17(15,16)9-10/h10-12,14H,3-9H2,1-2H3. The van der Waals surface area contributed by atoms with Gasteiger partial charge in [0.05, 0.1) is 17.6 Å². The van der Waals surface area contributed by atoms with Crippen molar-refractivity contribution in [1.82, 2.24) is 10.2 Å². The minimum atomic E-state index is -2.83. The molecule has 0 aromatic heterocycles. The quantitative estimate of drug-likeness (QED) is 0.647. The summed E-state index contributed by atoms with van der Waals surface area (Å²) < 4.78 is 22.5. The Morgan fingerprint density at radius 1 is 1.41 bits per heavy atom. The van der Waals surface area contributed by atoms with Gasteiger partial charge in [0.15, 0.2) is 9.84 Å². The molecule has 2 atom stereocenters. The highest BCUT2D eigenvalue weighted by molar-refractivity contribution is 7.91. The highest BCUT2D eigenvalue weighted by Crippen LogP contribution is 2.11. The van der Waals surface area contributed by atoms with Gasteiger partial charge in [0.25, 0.3) is 0 Å². The fourth-order valence-electron chi connectivity index (χ4n) is 2.10. The van der Waals surface area contributed by atoms with Crippen LogP contribution in [0.25, 0.3) is 0 Å². The Kier molecular flexibility index (Phi) is 5.85. The zero-order valence-electron chi connectivity index (χ0n) is 10.7. The highest BCUT2D eigenvalue weighted by atomic mass is 32.2. The molecule has 0 bridgehead atoms. The van der Waals surface area contributed by atoms with Gasteiger partial charge in [-0.15, -0.1) is 0 Å². The van der Waals surface area contributed by atoms with E-state index in [2.05, 4.69) is 24.1 Å². The Bertz CT molecular complexity index is 315. The molecule has 0 aromatic rings. The second-order valence-electron chi connectivity index (χ2n) is 4.65. The summed E-state index contributed by atoms with van der Waals surface area (Å²) in [7, 11) is -2.83. The summed E-state index contributed by atoms with van der Waals surface area (Å²) in [4.78, 5) is 2.15. The monoisotopic (exact) mass is 264 g/mol. The summed E-state index contributed by atoms with van der Waals surface area (Å²) in [6, 6.07) is 0.0198. The lowest BCUT2D eigenvalue weighted by molar-refractivity contribution is 0.114. The minimum absolute atomic E-state index is 0.0198. The molecule has 1 fully saturated rings. The average molecular weight is 264 g/mol. The number of nitrogens with zero attached hydrogens (tertiary/aromatic N) is 1. The molecule has 5 nitrogen and oxygen atoms in total. The summed E-state index contributed by atoms with van der Waals surface area (Å²) >= 11 is 0. The van der Waals surface area contributed by atoms with Gasteiger partial charge in [-0.3, -0.25) is 0 Å². The summed E-state index contributed by atoms with van der Waals surface area (Å²) in [5, 5.41) is 13.0. The molecule has 2 unspecified atom stereocenters. The van der Waals surface area contributed by atoms with Gasteiger partial charge >= 0.3 is 0 Å². The van der Waals surface area contributed by atoms with E-state index in [-0.39, 0.29) is 17.5 Å². The summed E-state index contributed by atoms with van der Waals surface area (Å²) in [5.41, 5.74) is 0. The molecule has 6 heteroatoms. The van der Waals surface area contributed by atoms with Gasteiger partial charge in [-0.1, -0.05) is 13.8 Å². The van der Waals surface area contributed by atoms with Crippen molar-refractivity contribution in [3.63, 3.8) is 0 Å². The second-order valence-corrected chi connectivity index (χ2v) is 6.88. The van der Waals surface area contributed by atoms with Crippen LogP contribution >= 0.6 is 0 Å². The number of aliphatic hydroxyl groups excluding tert-OH is 1. The molecule has 2 N–H and O–H groups in total. The molecule has 1 aliphatic heterocycles. The van der Waals surface area contributed by atoms with E-state index in [1.165, 1.54) is 0 Å². The molecule has 0 spiro atoms. The van der Waals surface area contributed by atoms with E-state index in [9.17, 15) is 13.5 Å². The molecular formula is C11H24N2O3S. The van der Waals surface area contributed by atoms with Crippen molar-refractivity contribution in [2.75, 3.05) is 37.7 Å². The molecule has 1 aliphatic rings. The van der Waals surface area contributed by atoms with Crippen molar-refractivity contribution in [1.29, 1.82) is 0 Å². The largest absolute Gasteiger partial charge is 0.390 e. The molecule has 0 radical (unpaired) electrons. The van der Waals surface area contributed by atoms with Crippen molar-refractivity contribution in [3.8, 4) is 0 Å². The molecule has 17 heavy (non-hydrogen) atoms. The third-order valence-corrected chi connectivity index (χ3v) is 5.01. The van der Waals surface area contributed by atoms with Gasteiger partial charge in [-0.05, 0) is 19.5 Å². The fourth-order valence-corrected chi connectivity index (χ4v) is 3.81. The van der Waals surface area contributed by atoms with Crippen molar-refractivity contribution >= 4 is 9.84 Å². The number of rotatable bonds is 7. The van der Waals surface area contributed by atoms with Gasteiger partial charge < -0.3 is 15.3 Å². The topological polar surface area (TPSA) is 69.6 Å². The molecule has 0 amide bonds. The zero-order valence-corrected chi connectivity index (χ0v) is 11.5. The first kappa shape index (κ1) is 14.9. The maximum absolute atomic E-state index is 11.2. The van der Waals surface area contributed by atoms with E-state index in [1.807, 2.05) is 0 Å². The van der Waals surface area contributed by atoms with Gasteiger partial charge in [-0.25, -0.2) is 8.42 Å². The van der Waals surface area contributed by atoms with Crippen LogP contribution in [0.1, 0.15) is 20.3 Å². The van der Waals surface area contributed by atoms with Crippen molar-refractivity contribution in [2.24, 2.45) is 0 Å². The Morgan fingerprint density at radius 3 is 2.53 bits per heavy atom. The maximum Gasteiger partial charge on any atom is 0.151 e. The predicted octanol–water partition coefficient (Wildman–Crippen LogP) is -0.534. The van der Waals surface area contributed by atoms with E-state index >= 15 is 0 Å². The number of nitrogens with one attached hydrogen (secondary N) is 1. The normalized spacial score (nSPS) is 25.3. The van der Waals surface area contributed by atoms with Crippen LogP contribution in [0.2, 0.25) is 0 Å². The number of hydrogen-bond acceptors (Lipinski definition) is 5. The molecule has 102 valence electrons. The maximum atomic E-state index is 11.2. The molecule has 1 heterocycles. The predicted molar refractivity (Wildman–Crippen MR) is 68.9 cm³/mol. The first-order valence-corrected chi connectivity index (χ1v) is 8.13. The SMILES string of the molecule is CCN(CC)CC(O)CNC1CCS(=O)(=O)C1. The third-order valence-electron chi connectivity index (χ3n) is 3.24. The lowest BCUT2D eigenvalue weighted by Gasteiger charge is -2.23. The number of hydrogen-bond donors (Lipinski definition) is 2. The van der Waals surface area contributed by atoms with Crippen molar-refractivity contribution in [2.45, 2.75) is 32.4 Å². The molecule has 1 saturated heterocycles. The molecular weight excluding hydrogens is 240 g/mol. The summed E-state index contributed by atoms with van der Waals surface area (Å²) in [6.07, 6.45) is 0.235. The smallest absolute Gasteiger partial charge is 0.151 e. The first-order chi connectivity index (χ1) is 7.96. The van der Waals surface area contributed by atoms with E-state index in [0.717, 1.165) is 13.1 Å². The van der Waals surface area contributed by atoms with Crippen LogP contribution in [-0.2, 0) is 9.84 Å². The number of sulfone groups is 1. The van der Waals surface area contributed by atoms with E-state index in [4.69, 9.17) is 0 Å². The van der Waals surface area contributed by atoms with Crippen LogP contribution in [0.15, 0.2) is 0 Å². The molecule has 0 saturated carbocycles. The highest BCUT2D eigenvalue weighted by Gasteiger charge is 2.27. The van der Waals surface area contributed by atoms with Gasteiger partial charge in [0.2, 0.25) is 0 Å². The zero-order chi connectivity index (χ0) is 12.9. The van der Waals surface area contributed by atoms with E-state index in [1.54, 1.807) is 0 Å². The van der Waals surface area contributed by atoms with Crippen LogP contribution in [0, 0.1) is 0 Å². The number of likely N-dealkylation sites (N-methyl/N-ethyl adjacent to an activating group) is 1. The van der Waals surface area contributed by atoms with Crippen LogP contribution in [0.5, 0.6) is 0 Å². The van der Waals surface area contributed by atoms with Crippen molar-refractivity contribution in [3.05, 3.63) is 0 Å². The Balaban J connectivity index is 2.22. The molecule has 0 aliphatic carbocycles. The lowest BCUT2D eigenvalue weighted by atomic mass is 10.2. The summed E-state index contributed by atoms with van der Waals surface area (Å²) in [5.74, 6) is 0.488. The lowest BCUT2D eigenvalue weighted by Crippen LogP contribution is -2.42. The Hall–Kier alpha value is -0.170. The fraction of sp³-hybridized carbons (Fsp3) is 1.00. The van der Waals surface area contributed by atoms with Gasteiger partial charge in [0, 0.05) is 19.1 Å². The molecule has 0 aromatic carbocycles. The molecule has 1 rings (SSSR count). The Labute approximate surface area is 104 Å². The van der Waals surface area contributed by atoms with Crippen LogP contribution < -0.4 is 5.32 Å². The third kappa shape index (κ3) is 5.33. The first-order valence-electron chi connectivity index (χ1n) is 6.31. The average Bonchev–Trinajstić information content (AvgIpc) is 2.63. The van der Waals surface area contributed by atoms with Crippen LogP contribution in [-0.4, -0.2) is 68.3 Å². The van der Waals surface area contributed by atoms with E-state index in [0.29, 0.717) is 19.5 Å². The van der Waals surface area contributed by atoms with E-state index < -0.39 is 15.9 Å². The van der Waals surface area contributed by atoms with Gasteiger partial charge in [-0.2, -0.15) is 0 Å². The van der Waals surface area contributed by atoms with Gasteiger partial charge in [0.1, 0.15) is 0 Å².